The fourth-order valence-corrected chi connectivity index (χ4v) is 2.01. The van der Waals surface area contributed by atoms with Gasteiger partial charge in [-0.2, -0.15) is 0 Å². The Morgan fingerprint density at radius 1 is 1.37 bits per heavy atom. The molecule has 0 fully saturated rings. The highest BCUT2D eigenvalue weighted by Gasteiger charge is 2.02. The molecule has 0 aliphatic heterocycles. The van der Waals surface area contributed by atoms with E-state index in [9.17, 15) is 4.79 Å². The summed E-state index contributed by atoms with van der Waals surface area (Å²) in [4.78, 5) is 18.5. The van der Waals surface area contributed by atoms with Crippen LogP contribution < -0.4 is 5.32 Å². The van der Waals surface area contributed by atoms with Gasteiger partial charge in [0.25, 0.3) is 0 Å². The molecule has 1 aromatic heterocycles. The molecule has 100 valence electrons. The zero-order valence-electron chi connectivity index (χ0n) is 10.5. The second-order valence-electron chi connectivity index (χ2n) is 4.31. The van der Waals surface area contributed by atoms with Crippen molar-refractivity contribution in [2.24, 2.45) is 0 Å². The SMILES string of the molecule is O=C(CCc1cnc[nH]1)NCCc1cccc(Cl)c1. The van der Waals surface area contributed by atoms with Crippen molar-refractivity contribution in [1.82, 2.24) is 15.3 Å². The van der Waals surface area contributed by atoms with Crippen molar-refractivity contribution in [3.05, 3.63) is 53.1 Å². The van der Waals surface area contributed by atoms with Crippen LogP contribution in [0.4, 0.5) is 0 Å². The van der Waals surface area contributed by atoms with Crippen molar-refractivity contribution in [2.75, 3.05) is 6.54 Å². The lowest BCUT2D eigenvalue weighted by Gasteiger charge is -2.05. The molecule has 0 aliphatic carbocycles. The van der Waals surface area contributed by atoms with E-state index in [1.54, 1.807) is 12.5 Å². The van der Waals surface area contributed by atoms with Crippen LogP contribution in [-0.4, -0.2) is 22.4 Å². The lowest BCUT2D eigenvalue weighted by atomic mass is 10.1. The fourth-order valence-electron chi connectivity index (χ4n) is 1.80. The van der Waals surface area contributed by atoms with Crippen LogP contribution in [0.3, 0.4) is 0 Å². The molecule has 0 bridgehead atoms. The van der Waals surface area contributed by atoms with Crippen LogP contribution in [0.5, 0.6) is 0 Å². The molecule has 0 spiro atoms. The summed E-state index contributed by atoms with van der Waals surface area (Å²) in [7, 11) is 0. The van der Waals surface area contributed by atoms with Crippen LogP contribution in [0, 0.1) is 0 Å². The number of aryl methyl sites for hydroxylation is 1. The van der Waals surface area contributed by atoms with Gasteiger partial charge in [0.05, 0.1) is 6.33 Å². The number of nitrogens with one attached hydrogen (secondary N) is 2. The molecule has 0 aliphatic rings. The van der Waals surface area contributed by atoms with E-state index in [2.05, 4.69) is 15.3 Å². The number of carbonyl (C=O) groups excluding carboxylic acids is 1. The Hall–Kier alpha value is -1.81. The number of benzene rings is 1. The second kappa shape index (κ2) is 6.95. The molecule has 2 N–H and O–H groups in total. The van der Waals surface area contributed by atoms with E-state index in [0.29, 0.717) is 19.4 Å². The highest BCUT2D eigenvalue weighted by Crippen LogP contribution is 2.10. The van der Waals surface area contributed by atoms with Gasteiger partial charge in [-0.05, 0) is 30.5 Å². The Bertz CT molecular complexity index is 525. The molecule has 1 aromatic carbocycles. The number of hydrogen-bond acceptors (Lipinski definition) is 2. The van der Waals surface area contributed by atoms with Crippen molar-refractivity contribution < 1.29 is 4.79 Å². The van der Waals surface area contributed by atoms with Gasteiger partial charge in [-0.3, -0.25) is 4.79 Å². The number of amides is 1. The minimum Gasteiger partial charge on any atom is -0.356 e. The minimum absolute atomic E-state index is 0.0524. The monoisotopic (exact) mass is 277 g/mol. The number of carbonyl (C=O) groups is 1. The highest BCUT2D eigenvalue weighted by atomic mass is 35.5. The molecule has 0 unspecified atom stereocenters. The number of H-pyrrole nitrogens is 1. The third-order valence-electron chi connectivity index (χ3n) is 2.80. The van der Waals surface area contributed by atoms with Crippen molar-refractivity contribution in [3.8, 4) is 0 Å². The first-order chi connectivity index (χ1) is 9.24. The van der Waals surface area contributed by atoms with Gasteiger partial charge in [-0.15, -0.1) is 0 Å². The Morgan fingerprint density at radius 3 is 3.00 bits per heavy atom. The third kappa shape index (κ3) is 4.75. The molecule has 1 heterocycles. The van der Waals surface area contributed by atoms with Gasteiger partial charge in [0.15, 0.2) is 0 Å². The summed E-state index contributed by atoms with van der Waals surface area (Å²) in [5.74, 6) is 0.0524. The Morgan fingerprint density at radius 2 is 2.26 bits per heavy atom. The number of hydrogen-bond donors (Lipinski definition) is 2. The van der Waals surface area contributed by atoms with E-state index in [0.717, 1.165) is 22.7 Å². The smallest absolute Gasteiger partial charge is 0.220 e. The average Bonchev–Trinajstić information content (AvgIpc) is 2.89. The maximum Gasteiger partial charge on any atom is 0.220 e. The third-order valence-corrected chi connectivity index (χ3v) is 3.04. The van der Waals surface area contributed by atoms with Gasteiger partial charge in [-0.25, -0.2) is 4.98 Å². The molecule has 0 atom stereocenters. The fraction of sp³-hybridized carbons (Fsp3) is 0.286. The summed E-state index contributed by atoms with van der Waals surface area (Å²) >= 11 is 5.90. The first-order valence-corrected chi connectivity index (χ1v) is 6.60. The van der Waals surface area contributed by atoms with E-state index < -0.39 is 0 Å². The molecular formula is C14H16ClN3O. The Labute approximate surface area is 117 Å². The van der Waals surface area contributed by atoms with Gasteiger partial charge in [-0.1, -0.05) is 23.7 Å². The molecule has 19 heavy (non-hydrogen) atoms. The first kappa shape index (κ1) is 13.6. The number of rotatable bonds is 6. The molecule has 1 amide bonds. The molecule has 0 saturated heterocycles. The van der Waals surface area contributed by atoms with Crippen LogP contribution in [0.25, 0.3) is 0 Å². The van der Waals surface area contributed by atoms with Crippen LogP contribution in [0.15, 0.2) is 36.8 Å². The zero-order chi connectivity index (χ0) is 13.5. The van der Waals surface area contributed by atoms with Crippen LogP contribution in [0.1, 0.15) is 17.7 Å². The number of aromatic amines is 1. The van der Waals surface area contributed by atoms with Gasteiger partial charge in [0.2, 0.25) is 5.91 Å². The predicted molar refractivity (Wildman–Crippen MR) is 75.1 cm³/mol. The summed E-state index contributed by atoms with van der Waals surface area (Å²) in [6.07, 6.45) is 5.29. The predicted octanol–water partition coefficient (Wildman–Crippen LogP) is 2.35. The number of aromatic nitrogens is 2. The molecule has 2 rings (SSSR count). The quantitative estimate of drug-likeness (QED) is 0.852. The number of imidazole rings is 1. The first-order valence-electron chi connectivity index (χ1n) is 6.22. The van der Waals surface area contributed by atoms with Gasteiger partial charge in [0.1, 0.15) is 0 Å². The highest BCUT2D eigenvalue weighted by molar-refractivity contribution is 6.30. The average molecular weight is 278 g/mol. The standard InChI is InChI=1S/C14H16ClN3O/c15-12-3-1-2-11(8-12)6-7-17-14(19)5-4-13-9-16-10-18-13/h1-3,8-10H,4-7H2,(H,16,18)(H,17,19). The summed E-state index contributed by atoms with van der Waals surface area (Å²) in [5, 5.41) is 3.62. The van der Waals surface area contributed by atoms with Crippen LogP contribution in [0.2, 0.25) is 5.02 Å². The maximum absolute atomic E-state index is 11.6. The van der Waals surface area contributed by atoms with Gasteiger partial charge in [0, 0.05) is 29.9 Å². The normalized spacial score (nSPS) is 10.4. The molecule has 0 saturated carbocycles. The largest absolute Gasteiger partial charge is 0.356 e. The lowest BCUT2D eigenvalue weighted by molar-refractivity contribution is -0.121. The summed E-state index contributed by atoms with van der Waals surface area (Å²) in [6.45, 7) is 0.627. The van der Waals surface area contributed by atoms with Crippen molar-refractivity contribution in [2.45, 2.75) is 19.3 Å². The van der Waals surface area contributed by atoms with Crippen molar-refractivity contribution >= 4 is 17.5 Å². The molecule has 5 heteroatoms. The Kier molecular flexibility index (Phi) is 4.98. The second-order valence-corrected chi connectivity index (χ2v) is 4.74. The van der Waals surface area contributed by atoms with Crippen LogP contribution >= 0.6 is 11.6 Å². The topological polar surface area (TPSA) is 57.8 Å². The molecule has 4 nitrogen and oxygen atoms in total. The van der Waals surface area contributed by atoms with Gasteiger partial charge < -0.3 is 10.3 Å². The summed E-state index contributed by atoms with van der Waals surface area (Å²) < 4.78 is 0. The van der Waals surface area contributed by atoms with Gasteiger partial charge >= 0.3 is 0 Å². The van der Waals surface area contributed by atoms with E-state index in [-0.39, 0.29) is 5.91 Å². The lowest BCUT2D eigenvalue weighted by Crippen LogP contribution is -2.25. The number of halogens is 1. The van der Waals surface area contributed by atoms with E-state index in [1.807, 2.05) is 24.3 Å². The minimum atomic E-state index is 0.0524. The molecule has 0 radical (unpaired) electrons. The van der Waals surface area contributed by atoms with E-state index >= 15 is 0 Å². The Balaban J connectivity index is 1.66. The van der Waals surface area contributed by atoms with E-state index in [1.165, 1.54) is 0 Å². The van der Waals surface area contributed by atoms with Crippen molar-refractivity contribution in [1.29, 1.82) is 0 Å². The van der Waals surface area contributed by atoms with E-state index in [4.69, 9.17) is 11.6 Å². The maximum atomic E-state index is 11.6. The number of nitrogens with zero attached hydrogens (tertiary/aromatic N) is 1. The zero-order valence-corrected chi connectivity index (χ0v) is 11.3. The molecular weight excluding hydrogens is 262 g/mol. The van der Waals surface area contributed by atoms with Crippen molar-refractivity contribution in [3.63, 3.8) is 0 Å². The molecule has 2 aromatic rings. The summed E-state index contributed by atoms with van der Waals surface area (Å²) in [5.41, 5.74) is 2.10. The van der Waals surface area contributed by atoms with Crippen LogP contribution in [-0.2, 0) is 17.6 Å². The summed E-state index contributed by atoms with van der Waals surface area (Å²) in [6, 6.07) is 7.67.